The molecule has 0 radical (unpaired) electrons. The van der Waals surface area contributed by atoms with Crippen molar-refractivity contribution < 1.29 is 19.6 Å². The lowest BCUT2D eigenvalue weighted by Gasteiger charge is -2.33. The van der Waals surface area contributed by atoms with Crippen molar-refractivity contribution in [3.63, 3.8) is 0 Å². The normalized spacial score (nSPS) is 15.0. The van der Waals surface area contributed by atoms with Gasteiger partial charge in [0.05, 0.1) is 32.1 Å². The van der Waals surface area contributed by atoms with Gasteiger partial charge < -0.3 is 25.0 Å². The lowest BCUT2D eigenvalue weighted by atomic mass is 10.2. The van der Waals surface area contributed by atoms with Crippen LogP contribution in [-0.2, 0) is 16.1 Å². The van der Waals surface area contributed by atoms with Crippen LogP contribution < -0.4 is 20.2 Å². The van der Waals surface area contributed by atoms with Crippen LogP contribution in [0.25, 0.3) is 0 Å². The third-order valence-electron chi connectivity index (χ3n) is 4.64. The van der Waals surface area contributed by atoms with E-state index in [1.54, 1.807) is 4.90 Å². The first-order valence-corrected chi connectivity index (χ1v) is 9.03. The zero-order valence-corrected chi connectivity index (χ0v) is 15.1. The fourth-order valence-electron chi connectivity index (χ4n) is 3.23. The molecule has 140 valence electrons. The molecule has 0 atom stereocenters. The third kappa shape index (κ3) is 5.69. The molecule has 0 bridgehead atoms. The zero-order chi connectivity index (χ0) is 19.1. The number of rotatable bonds is 6. The quantitative estimate of drug-likeness (QED) is 0.698. The van der Waals surface area contributed by atoms with Crippen molar-refractivity contribution in [3.8, 4) is 0 Å². The van der Waals surface area contributed by atoms with Gasteiger partial charge in [0, 0.05) is 23.0 Å². The van der Waals surface area contributed by atoms with Gasteiger partial charge in [0.2, 0.25) is 5.91 Å². The fourth-order valence-corrected chi connectivity index (χ4v) is 3.23. The molecule has 1 amide bonds. The molecule has 0 aromatic heterocycles. The standard InChI is InChI=1S/C21H23N3O3/c25-20(10-11-21(26)27)22-18-6-8-19(9-7-18)24-14-12-23(13-15-24)16-17-4-2-1-3-5-17/h1-11H,12-16H2,(H,22,25)(H,26,27)/b11-10-. The van der Waals surface area contributed by atoms with E-state index in [0.29, 0.717) is 11.8 Å². The Morgan fingerprint density at radius 3 is 2.30 bits per heavy atom. The molecule has 3 rings (SSSR count). The van der Waals surface area contributed by atoms with Crippen LogP contribution in [0, 0.1) is 0 Å². The Morgan fingerprint density at radius 1 is 1.00 bits per heavy atom. The lowest BCUT2D eigenvalue weighted by molar-refractivity contribution is -0.914. The molecule has 2 N–H and O–H groups in total. The number of hydrogen-bond acceptors (Lipinski definition) is 4. The second-order valence-corrected chi connectivity index (χ2v) is 6.59. The Kier molecular flexibility index (Phi) is 6.22. The number of amides is 1. The van der Waals surface area contributed by atoms with Gasteiger partial charge >= 0.3 is 0 Å². The molecule has 0 unspecified atom stereocenters. The molecule has 1 heterocycles. The summed E-state index contributed by atoms with van der Waals surface area (Å²) in [4.78, 5) is 25.8. The second kappa shape index (κ2) is 9.00. The summed E-state index contributed by atoms with van der Waals surface area (Å²) in [5, 5.41) is 12.9. The summed E-state index contributed by atoms with van der Waals surface area (Å²) in [6.07, 6.45) is 1.65. The molecule has 1 saturated heterocycles. The third-order valence-corrected chi connectivity index (χ3v) is 4.64. The van der Waals surface area contributed by atoms with Crippen LogP contribution in [0.1, 0.15) is 5.56 Å². The van der Waals surface area contributed by atoms with Crippen molar-refractivity contribution in [1.29, 1.82) is 0 Å². The number of benzene rings is 2. The molecule has 1 aliphatic heterocycles. The molecule has 2 aromatic carbocycles. The number of hydrogen-bond donors (Lipinski definition) is 2. The smallest absolute Gasteiger partial charge is 0.248 e. The molecular weight excluding hydrogens is 342 g/mol. The molecule has 1 aliphatic rings. The fraction of sp³-hybridized carbons (Fsp3) is 0.238. The van der Waals surface area contributed by atoms with Crippen LogP contribution in [0.4, 0.5) is 11.4 Å². The second-order valence-electron chi connectivity index (χ2n) is 6.59. The van der Waals surface area contributed by atoms with E-state index in [1.165, 1.54) is 5.56 Å². The number of nitrogens with zero attached hydrogens (tertiary/aromatic N) is 1. The van der Waals surface area contributed by atoms with E-state index >= 15 is 0 Å². The van der Waals surface area contributed by atoms with E-state index in [4.69, 9.17) is 0 Å². The minimum Gasteiger partial charge on any atom is -0.545 e. The number of carboxylic acids is 1. The van der Waals surface area contributed by atoms with E-state index in [0.717, 1.165) is 44.5 Å². The molecule has 1 fully saturated rings. The van der Waals surface area contributed by atoms with E-state index in [2.05, 4.69) is 34.5 Å². The number of carboxylic acid groups (broad SMARTS) is 1. The average Bonchev–Trinajstić information content (AvgIpc) is 2.68. The highest BCUT2D eigenvalue weighted by molar-refractivity contribution is 6.02. The first-order valence-electron chi connectivity index (χ1n) is 9.03. The van der Waals surface area contributed by atoms with Gasteiger partial charge in [-0.15, -0.1) is 0 Å². The minimum absolute atomic E-state index is 0.495. The highest BCUT2D eigenvalue weighted by Crippen LogP contribution is 2.18. The van der Waals surface area contributed by atoms with Crippen LogP contribution in [0.5, 0.6) is 0 Å². The van der Waals surface area contributed by atoms with Gasteiger partial charge in [-0.05, 0) is 30.3 Å². The van der Waals surface area contributed by atoms with E-state index in [1.807, 2.05) is 30.3 Å². The van der Waals surface area contributed by atoms with Crippen molar-refractivity contribution in [2.24, 2.45) is 0 Å². The van der Waals surface area contributed by atoms with Gasteiger partial charge in [0.25, 0.3) is 0 Å². The molecule has 0 aliphatic carbocycles. The van der Waals surface area contributed by atoms with Crippen LogP contribution in [-0.4, -0.2) is 38.1 Å². The number of carbonyl (C=O) groups excluding carboxylic acids is 2. The van der Waals surface area contributed by atoms with Gasteiger partial charge in [-0.1, -0.05) is 30.3 Å². The van der Waals surface area contributed by atoms with E-state index in [-0.39, 0.29) is 0 Å². The van der Waals surface area contributed by atoms with Crippen molar-refractivity contribution in [2.75, 3.05) is 36.4 Å². The average molecular weight is 365 g/mol. The van der Waals surface area contributed by atoms with Crippen LogP contribution in [0.3, 0.4) is 0 Å². The highest BCUT2D eigenvalue weighted by Gasteiger charge is 2.20. The number of aliphatic carboxylic acids is 1. The Bertz CT molecular complexity index is 795. The van der Waals surface area contributed by atoms with Crippen molar-refractivity contribution in [3.05, 3.63) is 72.3 Å². The van der Waals surface area contributed by atoms with Crippen LogP contribution >= 0.6 is 0 Å². The number of nitrogens with one attached hydrogen (secondary N) is 2. The lowest BCUT2D eigenvalue weighted by Crippen LogP contribution is -3.13. The maximum Gasteiger partial charge on any atom is 0.248 e. The number of carbonyl (C=O) groups is 2. The summed E-state index contributed by atoms with van der Waals surface area (Å²) in [7, 11) is 0. The molecule has 27 heavy (non-hydrogen) atoms. The maximum atomic E-state index is 11.6. The number of piperazine rings is 1. The highest BCUT2D eigenvalue weighted by atomic mass is 16.4. The predicted molar refractivity (Wildman–Crippen MR) is 102 cm³/mol. The predicted octanol–water partition coefficient (Wildman–Crippen LogP) is -0.164. The molecule has 6 heteroatoms. The molecule has 2 aromatic rings. The van der Waals surface area contributed by atoms with Crippen molar-refractivity contribution in [2.45, 2.75) is 6.54 Å². The summed E-state index contributed by atoms with van der Waals surface area (Å²) < 4.78 is 0. The SMILES string of the molecule is O=C([O-])/C=C\C(=O)Nc1ccc(N2CC[NH+](Cc3ccccc3)CC2)cc1. The summed E-state index contributed by atoms with van der Waals surface area (Å²) in [5.41, 5.74) is 3.12. The van der Waals surface area contributed by atoms with Gasteiger partial charge in [-0.2, -0.15) is 0 Å². The zero-order valence-electron chi connectivity index (χ0n) is 15.1. The minimum atomic E-state index is -1.39. The molecule has 6 nitrogen and oxygen atoms in total. The van der Waals surface area contributed by atoms with Crippen molar-refractivity contribution >= 4 is 23.3 Å². The summed E-state index contributed by atoms with van der Waals surface area (Å²) in [6.45, 7) is 5.20. The maximum absolute atomic E-state index is 11.6. The van der Waals surface area contributed by atoms with Gasteiger partial charge in [-0.25, -0.2) is 0 Å². The Labute approximate surface area is 158 Å². The van der Waals surface area contributed by atoms with Crippen LogP contribution in [0.15, 0.2) is 66.7 Å². The Morgan fingerprint density at radius 2 is 1.67 bits per heavy atom. The van der Waals surface area contributed by atoms with E-state index in [9.17, 15) is 14.7 Å². The van der Waals surface area contributed by atoms with Crippen molar-refractivity contribution in [1.82, 2.24) is 0 Å². The first-order chi connectivity index (χ1) is 13.1. The topological polar surface area (TPSA) is 76.9 Å². The van der Waals surface area contributed by atoms with Gasteiger partial charge in [0.15, 0.2) is 0 Å². The monoisotopic (exact) mass is 365 g/mol. The molecule has 0 spiro atoms. The Balaban J connectivity index is 1.50. The Hall–Kier alpha value is -3.12. The summed E-state index contributed by atoms with van der Waals surface area (Å²) in [6, 6.07) is 18.2. The first kappa shape index (κ1) is 18.7. The largest absolute Gasteiger partial charge is 0.545 e. The number of anilines is 2. The van der Waals surface area contributed by atoms with Gasteiger partial charge in [-0.3, -0.25) is 4.79 Å². The van der Waals surface area contributed by atoms with Gasteiger partial charge in [0.1, 0.15) is 6.54 Å². The summed E-state index contributed by atoms with van der Waals surface area (Å²) >= 11 is 0. The van der Waals surface area contributed by atoms with Crippen LogP contribution in [0.2, 0.25) is 0 Å². The molecular formula is C21H23N3O3. The van der Waals surface area contributed by atoms with E-state index < -0.39 is 11.9 Å². The molecule has 0 saturated carbocycles. The summed E-state index contributed by atoms with van der Waals surface area (Å²) in [5.74, 6) is -1.89. The number of quaternary nitrogens is 1.